The lowest BCUT2D eigenvalue weighted by atomic mass is 10.0. The molecule has 0 saturated carbocycles. The number of carbonyl (C=O) groups is 2. The maximum atomic E-state index is 13.2. The van der Waals surface area contributed by atoms with Crippen LogP contribution in [0.3, 0.4) is 0 Å². The molecule has 11 heteroatoms. The number of ether oxygens (including phenoxy) is 1. The van der Waals surface area contributed by atoms with E-state index in [0.717, 1.165) is 22.6 Å². The van der Waals surface area contributed by atoms with E-state index in [9.17, 15) is 9.59 Å². The van der Waals surface area contributed by atoms with E-state index >= 15 is 0 Å². The molecule has 0 spiro atoms. The summed E-state index contributed by atoms with van der Waals surface area (Å²) < 4.78 is 7.12. The number of hydrogen-bond acceptors (Lipinski definition) is 6. The summed E-state index contributed by atoms with van der Waals surface area (Å²) in [5, 5.41) is 16.3. The Morgan fingerprint density at radius 2 is 1.67 bits per heavy atom. The predicted octanol–water partition coefficient (Wildman–Crippen LogP) is 8.08. The van der Waals surface area contributed by atoms with E-state index in [0.29, 0.717) is 50.8 Å². The van der Waals surface area contributed by atoms with Crippen molar-refractivity contribution >= 4 is 52.5 Å². The third-order valence-corrected chi connectivity index (χ3v) is 8.72. The van der Waals surface area contributed by atoms with Crippen LogP contribution in [0.15, 0.2) is 96.2 Å². The summed E-state index contributed by atoms with van der Waals surface area (Å²) in [5.41, 5.74) is 4.53. The number of nitrogens with zero attached hydrogens (tertiary/aromatic N) is 3. The molecule has 1 aromatic heterocycles. The maximum absolute atomic E-state index is 13.2. The quantitative estimate of drug-likeness (QED) is 0.130. The van der Waals surface area contributed by atoms with Crippen molar-refractivity contribution in [1.82, 2.24) is 20.1 Å². The van der Waals surface area contributed by atoms with Gasteiger partial charge in [-0.1, -0.05) is 91.3 Å². The Balaban J connectivity index is 1.31. The van der Waals surface area contributed by atoms with Gasteiger partial charge in [0, 0.05) is 17.1 Å². The second kappa shape index (κ2) is 15.3. The Morgan fingerprint density at radius 3 is 2.41 bits per heavy atom. The van der Waals surface area contributed by atoms with E-state index in [1.807, 2.05) is 53.1 Å². The number of halogens is 2. The number of amides is 2. The average molecular weight is 675 g/mol. The number of rotatable bonds is 12. The molecule has 236 valence electrons. The second-order valence-corrected chi connectivity index (χ2v) is 12.5. The molecule has 0 bridgehead atoms. The van der Waals surface area contributed by atoms with Crippen LogP contribution in [0.25, 0.3) is 17.1 Å². The third kappa shape index (κ3) is 7.91. The van der Waals surface area contributed by atoms with Gasteiger partial charge in [0.25, 0.3) is 5.91 Å². The Hall–Kier alpha value is -4.31. The minimum Gasteiger partial charge on any atom is -0.497 e. The van der Waals surface area contributed by atoms with Crippen molar-refractivity contribution in [2.45, 2.75) is 31.3 Å². The van der Waals surface area contributed by atoms with Crippen molar-refractivity contribution in [3.63, 3.8) is 0 Å². The minimum atomic E-state index is -0.291. The fraction of sp³-hybridized carbons (Fsp3) is 0.200. The molecule has 0 unspecified atom stereocenters. The molecule has 1 heterocycles. The zero-order chi connectivity index (χ0) is 32.6. The van der Waals surface area contributed by atoms with E-state index in [1.165, 1.54) is 11.8 Å². The molecule has 5 aromatic rings. The number of anilines is 1. The Bertz CT molecular complexity index is 1840. The Morgan fingerprint density at radius 1 is 0.935 bits per heavy atom. The standard InChI is InChI=1S/C35H33Cl2N5O3S/c1-22(2)26-8-5-7-11-31(26)42-33(27-17-14-24(36)20-29(27)37)40-41-35(42)46-21-32(43)39-30-10-6-4-9-28(30)34(44)38-19-18-23-12-15-25(45-3)16-13-23/h4-17,20,22H,18-19,21H2,1-3H3,(H,38,44)(H,39,43). The molecule has 0 fully saturated rings. The molecule has 2 N–H and O–H groups in total. The molecule has 0 radical (unpaired) electrons. The van der Waals surface area contributed by atoms with Crippen LogP contribution in [0.5, 0.6) is 5.75 Å². The highest BCUT2D eigenvalue weighted by Gasteiger charge is 2.22. The number of aromatic nitrogens is 3. The van der Waals surface area contributed by atoms with Crippen LogP contribution < -0.4 is 15.4 Å². The predicted molar refractivity (Wildman–Crippen MR) is 186 cm³/mol. The molecule has 0 atom stereocenters. The lowest BCUT2D eigenvalue weighted by Crippen LogP contribution is -2.27. The van der Waals surface area contributed by atoms with Gasteiger partial charge in [-0.25, -0.2) is 0 Å². The monoisotopic (exact) mass is 673 g/mol. The van der Waals surface area contributed by atoms with Crippen molar-refractivity contribution in [2.75, 3.05) is 24.7 Å². The number of nitrogens with one attached hydrogen (secondary N) is 2. The van der Waals surface area contributed by atoms with E-state index in [1.54, 1.807) is 43.5 Å². The van der Waals surface area contributed by atoms with Crippen molar-refractivity contribution in [2.24, 2.45) is 0 Å². The van der Waals surface area contributed by atoms with E-state index in [2.05, 4.69) is 40.7 Å². The highest BCUT2D eigenvalue weighted by atomic mass is 35.5. The van der Waals surface area contributed by atoms with E-state index in [-0.39, 0.29) is 23.5 Å². The minimum absolute atomic E-state index is 0.0315. The van der Waals surface area contributed by atoms with Gasteiger partial charge in [0.1, 0.15) is 5.75 Å². The Kier molecular flexibility index (Phi) is 11.0. The van der Waals surface area contributed by atoms with Gasteiger partial charge in [-0.05, 0) is 72.0 Å². The van der Waals surface area contributed by atoms with Gasteiger partial charge < -0.3 is 15.4 Å². The first-order chi connectivity index (χ1) is 22.2. The molecule has 4 aromatic carbocycles. The third-order valence-electron chi connectivity index (χ3n) is 7.24. The van der Waals surface area contributed by atoms with Gasteiger partial charge in [-0.2, -0.15) is 0 Å². The largest absolute Gasteiger partial charge is 0.497 e. The number of thioether (sulfide) groups is 1. The zero-order valence-corrected chi connectivity index (χ0v) is 27.9. The molecule has 46 heavy (non-hydrogen) atoms. The zero-order valence-electron chi connectivity index (χ0n) is 25.6. The summed E-state index contributed by atoms with van der Waals surface area (Å²) in [6.07, 6.45) is 0.657. The molecular weight excluding hydrogens is 641 g/mol. The fourth-order valence-corrected chi connectivity index (χ4v) is 6.16. The number of benzene rings is 4. The smallest absolute Gasteiger partial charge is 0.253 e. The van der Waals surface area contributed by atoms with Gasteiger partial charge in [-0.3, -0.25) is 14.2 Å². The lowest BCUT2D eigenvalue weighted by Gasteiger charge is -2.17. The van der Waals surface area contributed by atoms with Gasteiger partial charge >= 0.3 is 0 Å². The van der Waals surface area contributed by atoms with E-state index in [4.69, 9.17) is 27.9 Å². The first kappa shape index (κ1) is 33.1. The summed E-state index contributed by atoms with van der Waals surface area (Å²) in [7, 11) is 1.62. The van der Waals surface area contributed by atoms with Gasteiger partial charge in [-0.15, -0.1) is 10.2 Å². The lowest BCUT2D eigenvalue weighted by molar-refractivity contribution is -0.113. The Labute approximate surface area is 282 Å². The molecule has 0 saturated heterocycles. The number of hydrogen-bond donors (Lipinski definition) is 2. The molecule has 8 nitrogen and oxygen atoms in total. The number of carbonyl (C=O) groups excluding carboxylic acids is 2. The topological polar surface area (TPSA) is 98.1 Å². The normalized spacial score (nSPS) is 11.0. The average Bonchev–Trinajstić information content (AvgIpc) is 3.47. The second-order valence-electron chi connectivity index (χ2n) is 10.7. The van der Waals surface area contributed by atoms with Crippen molar-refractivity contribution in [3.05, 3.63) is 118 Å². The van der Waals surface area contributed by atoms with Crippen LogP contribution in [-0.4, -0.2) is 46.0 Å². The van der Waals surface area contributed by atoms with Crippen LogP contribution >= 0.6 is 35.0 Å². The summed E-state index contributed by atoms with van der Waals surface area (Å²) in [4.78, 5) is 26.3. The van der Waals surface area contributed by atoms with Gasteiger partial charge in [0.2, 0.25) is 5.91 Å². The SMILES string of the molecule is COc1ccc(CCNC(=O)c2ccccc2NC(=O)CSc2nnc(-c3ccc(Cl)cc3Cl)n2-c2ccccc2C(C)C)cc1. The van der Waals surface area contributed by atoms with Crippen molar-refractivity contribution in [3.8, 4) is 22.8 Å². The van der Waals surface area contributed by atoms with Crippen LogP contribution in [0, 0.1) is 0 Å². The van der Waals surface area contributed by atoms with Crippen LogP contribution in [0.4, 0.5) is 5.69 Å². The fourth-order valence-electron chi connectivity index (χ4n) is 4.92. The van der Waals surface area contributed by atoms with Crippen molar-refractivity contribution < 1.29 is 14.3 Å². The van der Waals surface area contributed by atoms with Crippen LogP contribution in [-0.2, 0) is 11.2 Å². The molecule has 2 amide bonds. The van der Waals surface area contributed by atoms with Crippen LogP contribution in [0.2, 0.25) is 10.0 Å². The molecular formula is C35H33Cl2N5O3S. The van der Waals surface area contributed by atoms with Gasteiger partial charge in [0.05, 0.1) is 34.8 Å². The van der Waals surface area contributed by atoms with E-state index < -0.39 is 0 Å². The molecule has 0 aliphatic rings. The molecule has 0 aliphatic carbocycles. The summed E-state index contributed by atoms with van der Waals surface area (Å²) in [5.74, 6) is 1.00. The molecule has 0 aliphatic heterocycles. The number of para-hydroxylation sites is 2. The molecule has 5 rings (SSSR count). The van der Waals surface area contributed by atoms with Crippen LogP contribution in [0.1, 0.15) is 41.3 Å². The summed E-state index contributed by atoms with van der Waals surface area (Å²) in [6.45, 7) is 4.67. The summed E-state index contributed by atoms with van der Waals surface area (Å²) >= 11 is 14.0. The summed E-state index contributed by atoms with van der Waals surface area (Å²) in [6, 6.07) is 27.9. The maximum Gasteiger partial charge on any atom is 0.253 e. The van der Waals surface area contributed by atoms with Gasteiger partial charge in [0.15, 0.2) is 11.0 Å². The first-order valence-corrected chi connectivity index (χ1v) is 16.4. The highest BCUT2D eigenvalue weighted by molar-refractivity contribution is 7.99. The highest BCUT2D eigenvalue weighted by Crippen LogP contribution is 2.35. The van der Waals surface area contributed by atoms with Crippen molar-refractivity contribution in [1.29, 1.82) is 0 Å². The number of methoxy groups -OCH3 is 1. The first-order valence-electron chi connectivity index (χ1n) is 14.7.